The fourth-order valence-corrected chi connectivity index (χ4v) is 10.4. The van der Waals surface area contributed by atoms with Gasteiger partial charge in [-0.2, -0.15) is 0 Å². The SMILES string of the molecule is CC(C)(C)OC(=O)N1CCN(c2ccc(-c3ccc(-c4ccc(-c5cc[n+]([B-](c6c(F)c(F)c(F)c(F)c6F)(c6c(F)c(F)c(F)c(F)c6F)c6c(F)c(F)c(F)c(F)c6F)cc5)s4)s3)cc2)CC1. The minimum atomic E-state index is -5.98. The molecule has 7 aromatic rings. The molecular formula is C46H29BF15N3O2S2. The molecule has 4 heterocycles. The van der Waals surface area contributed by atoms with E-state index >= 15 is 52.7 Å². The van der Waals surface area contributed by atoms with E-state index in [0.29, 0.717) is 48.3 Å². The third kappa shape index (κ3) is 8.25. The largest absolute Gasteiger partial charge is 0.444 e. The van der Waals surface area contributed by atoms with Crippen LogP contribution in [0.15, 0.2) is 73.1 Å². The zero-order chi connectivity index (χ0) is 50.2. The fraction of sp³-hybridized carbons (Fsp3) is 0.174. The van der Waals surface area contributed by atoms with Gasteiger partial charge in [0.1, 0.15) is 52.9 Å². The number of halogens is 15. The first-order valence-electron chi connectivity index (χ1n) is 20.3. The van der Waals surface area contributed by atoms with Crippen LogP contribution in [0.4, 0.5) is 76.3 Å². The second-order valence-corrected chi connectivity index (χ2v) is 18.8. The van der Waals surface area contributed by atoms with Gasteiger partial charge >= 0.3 is 12.4 Å². The lowest BCUT2D eigenvalue weighted by Gasteiger charge is -2.38. The van der Waals surface area contributed by atoms with Gasteiger partial charge in [0.2, 0.25) is 0 Å². The summed E-state index contributed by atoms with van der Waals surface area (Å²) in [5, 5.41) is 0. The van der Waals surface area contributed by atoms with E-state index in [1.165, 1.54) is 17.4 Å². The van der Waals surface area contributed by atoms with Crippen molar-refractivity contribution in [1.29, 1.82) is 0 Å². The van der Waals surface area contributed by atoms with E-state index in [-0.39, 0.29) is 16.1 Å². The second-order valence-electron chi connectivity index (χ2n) is 16.6. The Hall–Kier alpha value is -6.49. The highest BCUT2D eigenvalue weighted by molar-refractivity contribution is 7.25. The van der Waals surface area contributed by atoms with Crippen molar-refractivity contribution in [3.05, 3.63) is 160 Å². The Balaban J connectivity index is 1.18. The zero-order valence-corrected chi connectivity index (χ0v) is 37.1. The number of aromatic nitrogens is 1. The molecule has 0 spiro atoms. The van der Waals surface area contributed by atoms with E-state index in [0.717, 1.165) is 44.5 Å². The topological polar surface area (TPSA) is 36.7 Å². The summed E-state index contributed by atoms with van der Waals surface area (Å²) in [6.07, 6.45) is -5.57. The van der Waals surface area contributed by atoms with Crippen LogP contribution in [-0.4, -0.2) is 49.1 Å². The van der Waals surface area contributed by atoms with Gasteiger partial charge in [0.25, 0.3) is 0 Å². The maximum Gasteiger partial charge on any atom is 0.410 e. The highest BCUT2D eigenvalue weighted by Gasteiger charge is 2.57. The van der Waals surface area contributed by atoms with E-state index in [1.54, 1.807) is 37.8 Å². The van der Waals surface area contributed by atoms with Crippen molar-refractivity contribution < 1.29 is 79.9 Å². The van der Waals surface area contributed by atoms with Gasteiger partial charge in [0, 0.05) is 69.1 Å². The summed E-state index contributed by atoms with van der Waals surface area (Å²) >= 11 is 2.46. The van der Waals surface area contributed by atoms with Gasteiger partial charge in [0.15, 0.2) is 52.4 Å². The van der Waals surface area contributed by atoms with Crippen molar-refractivity contribution in [2.24, 2.45) is 0 Å². The number of carbonyl (C=O) groups excluding carboxylic acids is 1. The first kappa shape index (κ1) is 49.0. The average molecular weight is 1020 g/mol. The predicted octanol–water partition coefficient (Wildman–Crippen LogP) is 10.8. The second kappa shape index (κ2) is 18.1. The number of hydrogen-bond acceptors (Lipinski definition) is 5. The Morgan fingerprint density at radius 1 is 0.464 bits per heavy atom. The number of carbonyl (C=O) groups is 1. The Bertz CT molecular complexity index is 2930. The van der Waals surface area contributed by atoms with Crippen molar-refractivity contribution >= 4 is 57.1 Å². The highest BCUT2D eigenvalue weighted by Crippen LogP contribution is 2.41. The Morgan fingerprint density at radius 2 is 0.783 bits per heavy atom. The Kier molecular flexibility index (Phi) is 12.9. The summed E-state index contributed by atoms with van der Waals surface area (Å²) in [5.41, 5.74) is -7.02. The molecule has 0 saturated carbocycles. The number of ether oxygens (including phenoxy) is 1. The monoisotopic (exact) mass is 1020 g/mol. The minimum absolute atomic E-state index is 0.0405. The molecule has 5 nitrogen and oxygen atoms in total. The molecule has 360 valence electrons. The van der Waals surface area contributed by atoms with E-state index in [9.17, 15) is 18.0 Å². The van der Waals surface area contributed by atoms with Crippen LogP contribution in [0.3, 0.4) is 0 Å². The van der Waals surface area contributed by atoms with Crippen LogP contribution in [-0.2, 0) is 4.74 Å². The summed E-state index contributed by atoms with van der Waals surface area (Å²) in [6.45, 7) is 7.46. The molecule has 0 aliphatic carbocycles. The molecule has 1 aliphatic rings. The molecule has 1 aliphatic heterocycles. The van der Waals surface area contributed by atoms with E-state index in [1.807, 2.05) is 30.3 Å². The predicted molar refractivity (Wildman–Crippen MR) is 227 cm³/mol. The Labute approximate surface area is 389 Å². The number of anilines is 1. The van der Waals surface area contributed by atoms with Crippen LogP contribution in [0.1, 0.15) is 20.8 Å². The lowest BCUT2D eigenvalue weighted by Crippen LogP contribution is -2.88. The van der Waals surface area contributed by atoms with Crippen LogP contribution in [0.2, 0.25) is 0 Å². The van der Waals surface area contributed by atoms with Crippen LogP contribution in [0, 0.1) is 87.3 Å². The van der Waals surface area contributed by atoms with Crippen LogP contribution < -0.4 is 25.8 Å². The number of thiophene rings is 2. The average Bonchev–Trinajstić information content (AvgIpc) is 4.04. The maximum absolute atomic E-state index is 16.1. The number of pyridine rings is 1. The highest BCUT2D eigenvalue weighted by atomic mass is 32.1. The third-order valence-electron chi connectivity index (χ3n) is 11.5. The molecule has 0 radical (unpaired) electrons. The van der Waals surface area contributed by atoms with Crippen LogP contribution >= 0.6 is 22.7 Å². The summed E-state index contributed by atoms with van der Waals surface area (Å²) in [5.74, 6) is -46.1. The molecule has 1 amide bonds. The normalized spacial score (nSPS) is 13.4. The maximum atomic E-state index is 16.1. The molecule has 0 N–H and O–H groups in total. The van der Waals surface area contributed by atoms with Gasteiger partial charge in [-0.3, -0.25) is 0 Å². The summed E-state index contributed by atoms with van der Waals surface area (Å²) in [6, 6.07) is 16.2. The Morgan fingerprint density at radius 3 is 1.13 bits per heavy atom. The molecule has 3 aromatic heterocycles. The van der Waals surface area contributed by atoms with Crippen molar-refractivity contribution in [1.82, 2.24) is 4.90 Å². The first-order chi connectivity index (χ1) is 32.5. The third-order valence-corrected chi connectivity index (χ3v) is 13.9. The first-order valence-corrected chi connectivity index (χ1v) is 21.9. The molecular weight excluding hydrogens is 986 g/mol. The lowest BCUT2D eigenvalue weighted by molar-refractivity contribution is -0.539. The van der Waals surface area contributed by atoms with Crippen molar-refractivity contribution in [3.8, 4) is 30.6 Å². The number of piperazine rings is 1. The van der Waals surface area contributed by atoms with Crippen molar-refractivity contribution in [3.63, 3.8) is 0 Å². The molecule has 4 aromatic carbocycles. The van der Waals surface area contributed by atoms with Gasteiger partial charge in [0.05, 0.1) is 0 Å². The minimum Gasteiger partial charge on any atom is -0.444 e. The van der Waals surface area contributed by atoms with Gasteiger partial charge < -0.3 is 19.0 Å². The van der Waals surface area contributed by atoms with E-state index in [4.69, 9.17) is 4.74 Å². The van der Waals surface area contributed by atoms with Crippen molar-refractivity contribution in [2.45, 2.75) is 26.4 Å². The molecule has 69 heavy (non-hydrogen) atoms. The summed E-state index contributed by atoms with van der Waals surface area (Å²) in [7, 11) is 0. The summed E-state index contributed by atoms with van der Waals surface area (Å²) < 4.78 is 236. The summed E-state index contributed by atoms with van der Waals surface area (Å²) in [4.78, 5) is 18.8. The molecule has 0 unspecified atom stereocenters. The molecule has 1 saturated heterocycles. The number of rotatable bonds is 8. The molecule has 1 fully saturated rings. The van der Waals surface area contributed by atoms with Gasteiger partial charge in [-0.1, -0.05) is 12.1 Å². The number of nitrogens with zero attached hydrogens (tertiary/aromatic N) is 3. The fourth-order valence-electron chi connectivity index (χ4n) is 8.27. The molecule has 0 bridgehead atoms. The molecule has 23 heteroatoms. The number of benzene rings is 4. The molecule has 8 rings (SSSR count). The smallest absolute Gasteiger partial charge is 0.410 e. The van der Waals surface area contributed by atoms with Crippen LogP contribution in [0.25, 0.3) is 30.6 Å². The zero-order valence-electron chi connectivity index (χ0n) is 35.5. The van der Waals surface area contributed by atoms with Crippen molar-refractivity contribution in [2.75, 3.05) is 31.1 Å². The van der Waals surface area contributed by atoms with E-state index < -0.39 is 116 Å². The van der Waals surface area contributed by atoms with Gasteiger partial charge in [-0.15, -0.1) is 22.7 Å². The van der Waals surface area contributed by atoms with Gasteiger partial charge in [-0.25, -0.2) is 70.7 Å². The number of amides is 1. The number of hydrogen-bond donors (Lipinski definition) is 0. The van der Waals surface area contributed by atoms with Crippen LogP contribution in [0.5, 0.6) is 0 Å². The van der Waals surface area contributed by atoms with E-state index in [2.05, 4.69) is 4.90 Å². The van der Waals surface area contributed by atoms with Gasteiger partial charge in [-0.05, 0) is 79.1 Å². The lowest BCUT2D eigenvalue weighted by atomic mass is 9.23. The standard InChI is InChI=1S/C46H29BF15N3O2S2/c1-46(2,3)67-45(66)64-18-16-63(17-19-64)22-6-4-20(5-7-22)23-8-10-25(68-23)26-11-9-24(69-26)21-12-14-65(15-13-21)47(27-30(48)36(54)42(60)37(55)31(27)49,28-32(50)38(56)43(61)39(57)33(28)51)29-34(52)40(58)44(62)41(59)35(29)53/h4-15H,16-19H2,1-3H3. The molecule has 0 atom stereocenters. The quantitative estimate of drug-likeness (QED) is 0.0659.